The molecule has 0 atom stereocenters. The minimum atomic E-state index is -0.119. The van der Waals surface area contributed by atoms with Crippen molar-refractivity contribution >= 4 is 17.5 Å². The number of nitrogens with one attached hydrogen (secondary N) is 1. The lowest BCUT2D eigenvalue weighted by atomic mass is 9.98. The molecule has 0 saturated carbocycles. The van der Waals surface area contributed by atoms with Crippen molar-refractivity contribution in [1.82, 2.24) is 9.80 Å². The fourth-order valence-corrected chi connectivity index (χ4v) is 3.40. The van der Waals surface area contributed by atoms with E-state index in [9.17, 15) is 9.59 Å². The van der Waals surface area contributed by atoms with Gasteiger partial charge in [-0.2, -0.15) is 0 Å². The summed E-state index contributed by atoms with van der Waals surface area (Å²) in [7, 11) is 0. The van der Waals surface area contributed by atoms with Crippen LogP contribution >= 0.6 is 0 Å². The number of nitrogens with zero attached hydrogens (tertiary/aromatic N) is 2. The maximum atomic E-state index is 12.6. The highest BCUT2D eigenvalue weighted by Gasteiger charge is 2.26. The van der Waals surface area contributed by atoms with Crippen LogP contribution in [0.25, 0.3) is 0 Å². The summed E-state index contributed by atoms with van der Waals surface area (Å²) in [6, 6.07) is 9.57. The van der Waals surface area contributed by atoms with Gasteiger partial charge in [0.2, 0.25) is 5.91 Å². The first-order valence-electron chi connectivity index (χ1n) is 9.41. The van der Waals surface area contributed by atoms with Gasteiger partial charge in [0.1, 0.15) is 0 Å². The first-order valence-corrected chi connectivity index (χ1v) is 9.41. The maximum Gasteiger partial charge on any atom is 0.289 e. The fourth-order valence-electron chi connectivity index (χ4n) is 3.40. The lowest BCUT2D eigenvalue weighted by Gasteiger charge is -2.34. The molecule has 1 saturated heterocycles. The smallest absolute Gasteiger partial charge is 0.289 e. The third kappa shape index (κ3) is 4.32. The zero-order valence-electron chi connectivity index (χ0n) is 16.2. The van der Waals surface area contributed by atoms with Gasteiger partial charge in [-0.05, 0) is 36.1 Å². The van der Waals surface area contributed by atoms with Crippen LogP contribution in [-0.2, 0) is 4.79 Å². The number of carbonyl (C=O) groups is 2. The zero-order valence-corrected chi connectivity index (χ0v) is 16.2. The van der Waals surface area contributed by atoms with E-state index in [1.54, 1.807) is 17.0 Å². The van der Waals surface area contributed by atoms with Crippen molar-refractivity contribution in [3.63, 3.8) is 0 Å². The summed E-state index contributed by atoms with van der Waals surface area (Å²) in [6.45, 7) is 8.73. The molecule has 144 valence electrons. The second kappa shape index (κ2) is 8.29. The first-order chi connectivity index (χ1) is 13.0. The second-order valence-electron chi connectivity index (χ2n) is 7.20. The number of hydrogen-bond donors (Lipinski definition) is 1. The maximum absolute atomic E-state index is 12.6. The quantitative estimate of drug-likeness (QED) is 0.879. The van der Waals surface area contributed by atoms with Crippen molar-refractivity contribution in [3.05, 3.63) is 53.5 Å². The summed E-state index contributed by atoms with van der Waals surface area (Å²) in [5.74, 6) is 0.667. The number of amides is 2. The molecule has 1 aromatic carbocycles. The molecule has 2 amide bonds. The number of benzene rings is 1. The van der Waals surface area contributed by atoms with Crippen molar-refractivity contribution in [1.29, 1.82) is 0 Å². The molecule has 6 heteroatoms. The highest BCUT2D eigenvalue weighted by Crippen LogP contribution is 2.27. The van der Waals surface area contributed by atoms with Gasteiger partial charge in [-0.3, -0.25) is 9.59 Å². The van der Waals surface area contributed by atoms with Crippen molar-refractivity contribution in [2.75, 3.05) is 38.0 Å². The van der Waals surface area contributed by atoms with Crippen LogP contribution in [0.4, 0.5) is 5.69 Å². The van der Waals surface area contributed by atoms with Crippen LogP contribution < -0.4 is 5.32 Å². The van der Waals surface area contributed by atoms with Gasteiger partial charge in [-0.1, -0.05) is 32.0 Å². The average Bonchev–Trinajstić information content (AvgIpc) is 3.21. The lowest BCUT2D eigenvalue weighted by Crippen LogP contribution is -2.51. The van der Waals surface area contributed by atoms with Crippen molar-refractivity contribution in [3.8, 4) is 0 Å². The Kier molecular flexibility index (Phi) is 5.84. The third-order valence-corrected chi connectivity index (χ3v) is 4.99. The summed E-state index contributed by atoms with van der Waals surface area (Å²) >= 11 is 0. The van der Waals surface area contributed by atoms with E-state index in [4.69, 9.17) is 4.42 Å². The van der Waals surface area contributed by atoms with E-state index in [0.717, 1.165) is 11.3 Å². The van der Waals surface area contributed by atoms with Crippen LogP contribution in [0.2, 0.25) is 0 Å². The third-order valence-electron chi connectivity index (χ3n) is 4.99. The Morgan fingerprint density at radius 1 is 1.07 bits per heavy atom. The number of carbonyl (C=O) groups excluding carboxylic acids is 2. The van der Waals surface area contributed by atoms with E-state index < -0.39 is 0 Å². The standard InChI is InChI=1S/C21H27N3O3/c1-15(2)17-7-4-6-16(3)20(17)22-14-19(25)23-9-11-24(12-10-23)21(26)18-8-5-13-27-18/h4-8,13,15,22H,9-12,14H2,1-3H3. The summed E-state index contributed by atoms with van der Waals surface area (Å²) in [6.07, 6.45) is 1.50. The summed E-state index contributed by atoms with van der Waals surface area (Å²) in [4.78, 5) is 28.5. The van der Waals surface area contributed by atoms with Crippen LogP contribution in [0.3, 0.4) is 0 Å². The summed E-state index contributed by atoms with van der Waals surface area (Å²) in [5, 5.41) is 3.33. The van der Waals surface area contributed by atoms with Crippen LogP contribution in [0.1, 0.15) is 41.4 Å². The SMILES string of the molecule is Cc1cccc(C(C)C)c1NCC(=O)N1CCN(C(=O)c2ccco2)CC1. The van der Waals surface area contributed by atoms with E-state index in [1.807, 2.05) is 11.0 Å². The summed E-state index contributed by atoms with van der Waals surface area (Å²) < 4.78 is 5.17. The molecule has 6 nitrogen and oxygen atoms in total. The van der Waals surface area contributed by atoms with Crippen LogP contribution in [0, 0.1) is 6.92 Å². The number of para-hydroxylation sites is 1. The predicted octanol–water partition coefficient (Wildman–Crippen LogP) is 3.11. The Bertz CT molecular complexity index is 791. The molecule has 2 heterocycles. The topological polar surface area (TPSA) is 65.8 Å². The minimum Gasteiger partial charge on any atom is -0.459 e. The van der Waals surface area contributed by atoms with Gasteiger partial charge < -0.3 is 19.5 Å². The molecule has 0 bridgehead atoms. The van der Waals surface area contributed by atoms with E-state index in [1.165, 1.54) is 11.8 Å². The van der Waals surface area contributed by atoms with Gasteiger partial charge in [-0.15, -0.1) is 0 Å². The molecule has 1 fully saturated rings. The number of aryl methyl sites for hydroxylation is 1. The second-order valence-corrected chi connectivity index (χ2v) is 7.20. The first kappa shape index (κ1) is 19.0. The van der Waals surface area contributed by atoms with Crippen LogP contribution in [0.15, 0.2) is 41.0 Å². The lowest BCUT2D eigenvalue weighted by molar-refractivity contribution is -0.130. The van der Waals surface area contributed by atoms with Crippen molar-refractivity contribution in [2.45, 2.75) is 26.7 Å². The molecule has 0 unspecified atom stereocenters. The number of furan rings is 1. The molecule has 0 radical (unpaired) electrons. The van der Waals surface area contributed by atoms with E-state index in [0.29, 0.717) is 37.9 Å². The highest BCUT2D eigenvalue weighted by atomic mass is 16.3. The van der Waals surface area contributed by atoms with Gasteiger partial charge in [0.05, 0.1) is 12.8 Å². The van der Waals surface area contributed by atoms with Gasteiger partial charge in [-0.25, -0.2) is 0 Å². The molecule has 1 N–H and O–H groups in total. The number of anilines is 1. The van der Waals surface area contributed by atoms with Gasteiger partial charge in [0.25, 0.3) is 5.91 Å². The average molecular weight is 369 g/mol. The minimum absolute atomic E-state index is 0.0538. The molecule has 1 aliphatic heterocycles. The summed E-state index contributed by atoms with van der Waals surface area (Å²) in [5.41, 5.74) is 3.41. The Labute approximate surface area is 160 Å². The van der Waals surface area contributed by atoms with Crippen LogP contribution in [-0.4, -0.2) is 54.3 Å². The molecule has 1 aromatic heterocycles. The molecule has 0 aliphatic carbocycles. The monoisotopic (exact) mass is 369 g/mol. The number of rotatable bonds is 5. The molecule has 3 rings (SSSR count). The van der Waals surface area contributed by atoms with E-state index in [-0.39, 0.29) is 18.4 Å². The van der Waals surface area contributed by atoms with Gasteiger partial charge in [0.15, 0.2) is 5.76 Å². The normalized spacial score (nSPS) is 14.5. The molecular formula is C21H27N3O3. The Hall–Kier alpha value is -2.76. The van der Waals surface area contributed by atoms with E-state index >= 15 is 0 Å². The van der Waals surface area contributed by atoms with Gasteiger partial charge in [0, 0.05) is 31.9 Å². The van der Waals surface area contributed by atoms with Crippen molar-refractivity contribution < 1.29 is 14.0 Å². The molecule has 0 spiro atoms. The number of hydrogen-bond acceptors (Lipinski definition) is 4. The highest BCUT2D eigenvalue weighted by molar-refractivity contribution is 5.91. The van der Waals surface area contributed by atoms with Gasteiger partial charge >= 0.3 is 0 Å². The number of piperazine rings is 1. The molecule has 1 aliphatic rings. The van der Waals surface area contributed by atoms with Crippen molar-refractivity contribution in [2.24, 2.45) is 0 Å². The Morgan fingerprint density at radius 3 is 2.41 bits per heavy atom. The zero-order chi connectivity index (χ0) is 19.4. The molecule has 2 aromatic rings. The molecule has 27 heavy (non-hydrogen) atoms. The Balaban J connectivity index is 1.54. The fraction of sp³-hybridized carbons (Fsp3) is 0.429. The largest absolute Gasteiger partial charge is 0.459 e. The van der Waals surface area contributed by atoms with Crippen LogP contribution in [0.5, 0.6) is 0 Å². The predicted molar refractivity (Wildman–Crippen MR) is 105 cm³/mol. The Morgan fingerprint density at radius 2 is 1.78 bits per heavy atom. The molecular weight excluding hydrogens is 342 g/mol. The van der Waals surface area contributed by atoms with E-state index in [2.05, 4.69) is 38.2 Å².